The summed E-state index contributed by atoms with van der Waals surface area (Å²) in [5.41, 5.74) is -0.172. The molecule has 1 atom stereocenters. The molecule has 1 unspecified atom stereocenters. The molecule has 0 amide bonds. The third-order valence-electron chi connectivity index (χ3n) is 3.82. The van der Waals surface area contributed by atoms with E-state index in [-0.39, 0.29) is 5.60 Å². The molecule has 94 valence electrons. The largest absolute Gasteiger partial charge is 0.365 e. The van der Waals surface area contributed by atoms with Gasteiger partial charge in [-0.3, -0.25) is 0 Å². The predicted octanol–water partition coefficient (Wildman–Crippen LogP) is 0.958. The van der Waals surface area contributed by atoms with Gasteiger partial charge >= 0.3 is 0 Å². The first-order chi connectivity index (χ1) is 8.42. The van der Waals surface area contributed by atoms with Crippen LogP contribution in [0, 0.1) is 5.92 Å². The first kappa shape index (κ1) is 11.6. The molecule has 1 aromatic rings. The van der Waals surface area contributed by atoms with Crippen molar-refractivity contribution >= 4 is 11.3 Å². The van der Waals surface area contributed by atoms with Crippen LogP contribution in [0.4, 0.5) is 0 Å². The molecular formula is C12H19N3OS. The molecule has 0 saturated carbocycles. The monoisotopic (exact) mass is 253 g/mol. The Hall–Kier alpha value is -0.490. The van der Waals surface area contributed by atoms with Crippen molar-refractivity contribution in [1.29, 1.82) is 0 Å². The maximum atomic E-state index is 6.21. The summed E-state index contributed by atoms with van der Waals surface area (Å²) in [6.45, 7) is 4.86. The van der Waals surface area contributed by atoms with E-state index < -0.39 is 0 Å². The molecule has 5 heteroatoms. The highest BCUT2D eigenvalue weighted by Crippen LogP contribution is 2.40. The summed E-state index contributed by atoms with van der Waals surface area (Å²) in [6, 6.07) is 0. The van der Waals surface area contributed by atoms with Gasteiger partial charge in [0.1, 0.15) is 10.6 Å². The van der Waals surface area contributed by atoms with Crippen molar-refractivity contribution in [3.05, 3.63) is 16.6 Å². The first-order valence-electron chi connectivity index (χ1n) is 6.37. The van der Waals surface area contributed by atoms with Gasteiger partial charge in [-0.1, -0.05) is 0 Å². The van der Waals surface area contributed by atoms with E-state index in [4.69, 9.17) is 4.74 Å². The molecule has 2 aliphatic heterocycles. The highest BCUT2D eigenvalue weighted by Gasteiger charge is 2.45. The lowest BCUT2D eigenvalue weighted by atomic mass is 9.80. The van der Waals surface area contributed by atoms with Gasteiger partial charge in [0.05, 0.1) is 6.61 Å². The zero-order valence-electron chi connectivity index (χ0n) is 9.95. The molecule has 3 heterocycles. The molecule has 4 nitrogen and oxygen atoms in total. The van der Waals surface area contributed by atoms with E-state index in [1.807, 2.05) is 6.20 Å². The van der Waals surface area contributed by atoms with E-state index in [0.29, 0.717) is 5.92 Å². The summed E-state index contributed by atoms with van der Waals surface area (Å²) in [6.07, 6.45) is 4.25. The fraction of sp³-hybridized carbons (Fsp3) is 0.750. The number of hydrogen-bond donors (Lipinski definition) is 2. The van der Waals surface area contributed by atoms with Crippen molar-refractivity contribution in [2.75, 3.05) is 32.8 Å². The molecule has 2 saturated heterocycles. The van der Waals surface area contributed by atoms with Crippen molar-refractivity contribution in [1.82, 2.24) is 15.6 Å². The molecule has 0 bridgehead atoms. The average Bonchev–Trinajstić information content (AvgIpc) is 2.95. The zero-order chi connectivity index (χ0) is 11.6. The van der Waals surface area contributed by atoms with Gasteiger partial charge < -0.3 is 15.4 Å². The Kier molecular flexibility index (Phi) is 3.42. The molecule has 2 fully saturated rings. The molecule has 2 N–H and O–H groups in total. The van der Waals surface area contributed by atoms with Crippen molar-refractivity contribution < 1.29 is 4.74 Å². The number of aromatic nitrogens is 1. The van der Waals surface area contributed by atoms with Gasteiger partial charge in [-0.15, -0.1) is 11.3 Å². The summed E-state index contributed by atoms with van der Waals surface area (Å²) >= 11 is 1.73. The normalized spacial score (nSPS) is 31.5. The Bertz CT molecular complexity index is 343. The second-order valence-corrected chi connectivity index (χ2v) is 5.67. The van der Waals surface area contributed by atoms with Crippen LogP contribution >= 0.6 is 11.3 Å². The van der Waals surface area contributed by atoms with Crippen molar-refractivity contribution in [3.63, 3.8) is 0 Å². The molecule has 0 aromatic carbocycles. The SMILES string of the molecule is c1csc(C2(C3CCNCC3)CNCCO2)n1. The van der Waals surface area contributed by atoms with E-state index in [1.54, 1.807) is 11.3 Å². The molecule has 17 heavy (non-hydrogen) atoms. The number of ether oxygens (including phenoxy) is 1. The summed E-state index contributed by atoms with van der Waals surface area (Å²) < 4.78 is 6.21. The Labute approximate surface area is 106 Å². The van der Waals surface area contributed by atoms with Gasteiger partial charge in [-0.25, -0.2) is 4.98 Å². The Morgan fingerprint density at radius 1 is 1.29 bits per heavy atom. The number of nitrogens with zero attached hydrogens (tertiary/aromatic N) is 1. The van der Waals surface area contributed by atoms with E-state index in [9.17, 15) is 0 Å². The Morgan fingerprint density at radius 3 is 2.82 bits per heavy atom. The van der Waals surface area contributed by atoms with E-state index in [2.05, 4.69) is 21.0 Å². The molecule has 1 aromatic heterocycles. The molecule has 0 radical (unpaired) electrons. The number of piperidine rings is 1. The summed E-state index contributed by atoms with van der Waals surface area (Å²) in [5, 5.41) is 10.1. The van der Waals surface area contributed by atoms with Crippen LogP contribution in [0.15, 0.2) is 11.6 Å². The van der Waals surface area contributed by atoms with Crippen LogP contribution in [0.5, 0.6) is 0 Å². The number of thiazole rings is 1. The predicted molar refractivity (Wildman–Crippen MR) is 68.2 cm³/mol. The first-order valence-corrected chi connectivity index (χ1v) is 7.25. The minimum Gasteiger partial charge on any atom is -0.365 e. The number of morpholine rings is 1. The molecule has 2 aliphatic rings. The van der Waals surface area contributed by atoms with Crippen molar-refractivity contribution in [3.8, 4) is 0 Å². The molecular weight excluding hydrogens is 234 g/mol. The van der Waals surface area contributed by atoms with E-state index in [1.165, 1.54) is 12.8 Å². The minimum absolute atomic E-state index is 0.172. The van der Waals surface area contributed by atoms with Crippen LogP contribution < -0.4 is 10.6 Å². The second-order valence-electron chi connectivity index (χ2n) is 4.78. The number of rotatable bonds is 2. The number of hydrogen-bond acceptors (Lipinski definition) is 5. The fourth-order valence-corrected chi connectivity index (χ4v) is 3.79. The van der Waals surface area contributed by atoms with E-state index >= 15 is 0 Å². The lowest BCUT2D eigenvalue weighted by molar-refractivity contribution is -0.118. The van der Waals surface area contributed by atoms with Crippen LogP contribution in [0.1, 0.15) is 17.8 Å². The number of nitrogens with one attached hydrogen (secondary N) is 2. The van der Waals surface area contributed by atoms with Gasteiger partial charge in [-0.05, 0) is 31.8 Å². The third kappa shape index (κ3) is 2.12. The summed E-state index contributed by atoms with van der Waals surface area (Å²) in [7, 11) is 0. The van der Waals surface area contributed by atoms with Gasteiger partial charge in [0.15, 0.2) is 0 Å². The topological polar surface area (TPSA) is 46.2 Å². The highest BCUT2D eigenvalue weighted by atomic mass is 32.1. The van der Waals surface area contributed by atoms with Gasteiger partial charge in [0.2, 0.25) is 0 Å². The Balaban J connectivity index is 1.89. The van der Waals surface area contributed by atoms with Gasteiger partial charge in [0, 0.05) is 24.7 Å². The van der Waals surface area contributed by atoms with Crippen LogP contribution in [-0.4, -0.2) is 37.8 Å². The highest BCUT2D eigenvalue weighted by molar-refractivity contribution is 7.09. The van der Waals surface area contributed by atoms with Crippen molar-refractivity contribution in [2.45, 2.75) is 18.4 Å². The van der Waals surface area contributed by atoms with Crippen LogP contribution in [0.3, 0.4) is 0 Å². The zero-order valence-corrected chi connectivity index (χ0v) is 10.8. The van der Waals surface area contributed by atoms with Crippen LogP contribution in [-0.2, 0) is 10.3 Å². The fourth-order valence-electron chi connectivity index (χ4n) is 2.93. The maximum absolute atomic E-state index is 6.21. The van der Waals surface area contributed by atoms with Crippen LogP contribution in [0.25, 0.3) is 0 Å². The Morgan fingerprint density at radius 2 is 2.18 bits per heavy atom. The van der Waals surface area contributed by atoms with Gasteiger partial charge in [0.25, 0.3) is 0 Å². The average molecular weight is 253 g/mol. The maximum Gasteiger partial charge on any atom is 0.135 e. The third-order valence-corrected chi connectivity index (χ3v) is 4.75. The summed E-state index contributed by atoms with van der Waals surface area (Å²) in [4.78, 5) is 4.52. The van der Waals surface area contributed by atoms with Gasteiger partial charge in [-0.2, -0.15) is 0 Å². The minimum atomic E-state index is -0.172. The molecule has 0 spiro atoms. The molecule has 0 aliphatic carbocycles. The second kappa shape index (κ2) is 5.02. The van der Waals surface area contributed by atoms with E-state index in [0.717, 1.165) is 37.8 Å². The van der Waals surface area contributed by atoms with Crippen LogP contribution in [0.2, 0.25) is 0 Å². The molecule has 3 rings (SSSR count). The summed E-state index contributed by atoms with van der Waals surface area (Å²) in [5.74, 6) is 0.586. The lowest BCUT2D eigenvalue weighted by Crippen LogP contribution is -2.54. The smallest absolute Gasteiger partial charge is 0.135 e. The standard InChI is InChI=1S/C12H19N3OS/c1-3-13-4-2-10(1)12(9-14-5-7-16-12)11-15-6-8-17-11/h6,8,10,13-14H,1-5,7,9H2. The lowest BCUT2D eigenvalue weighted by Gasteiger charge is -2.43. The van der Waals surface area contributed by atoms with Crippen molar-refractivity contribution in [2.24, 2.45) is 5.92 Å². The quantitative estimate of drug-likeness (QED) is 0.824.